The highest BCUT2D eigenvalue weighted by Gasteiger charge is 2.29. The SMILES string of the molecule is CCN(c1ccc(C(=O)NC(C)c2ccc(NC(=O)C3CC3)cc2)cc1)C(C)C. The number of carbonyl (C=O) groups is 2. The molecule has 0 saturated heterocycles. The molecule has 1 saturated carbocycles. The molecule has 29 heavy (non-hydrogen) atoms. The highest BCUT2D eigenvalue weighted by molar-refractivity contribution is 5.95. The Kier molecular flexibility index (Phi) is 6.57. The summed E-state index contributed by atoms with van der Waals surface area (Å²) >= 11 is 0. The molecule has 1 unspecified atom stereocenters. The largest absolute Gasteiger partial charge is 0.369 e. The molecule has 2 aromatic carbocycles. The second kappa shape index (κ2) is 9.12. The molecule has 0 bridgehead atoms. The number of nitrogens with zero attached hydrogens (tertiary/aromatic N) is 1. The first-order chi connectivity index (χ1) is 13.9. The Morgan fingerprint density at radius 3 is 2.14 bits per heavy atom. The third kappa shape index (κ3) is 5.37. The molecule has 5 nitrogen and oxygen atoms in total. The van der Waals surface area contributed by atoms with Crippen LogP contribution in [0.25, 0.3) is 0 Å². The first-order valence-corrected chi connectivity index (χ1v) is 10.5. The van der Waals surface area contributed by atoms with E-state index in [1.54, 1.807) is 0 Å². The van der Waals surface area contributed by atoms with Crippen molar-refractivity contribution < 1.29 is 9.59 Å². The minimum Gasteiger partial charge on any atom is -0.369 e. The summed E-state index contributed by atoms with van der Waals surface area (Å²) < 4.78 is 0. The topological polar surface area (TPSA) is 61.4 Å². The van der Waals surface area contributed by atoms with Crippen LogP contribution in [0.3, 0.4) is 0 Å². The van der Waals surface area contributed by atoms with Crippen molar-refractivity contribution in [1.29, 1.82) is 0 Å². The molecule has 154 valence electrons. The fourth-order valence-corrected chi connectivity index (χ4v) is 3.46. The van der Waals surface area contributed by atoms with Gasteiger partial charge in [-0.2, -0.15) is 0 Å². The summed E-state index contributed by atoms with van der Waals surface area (Å²) in [6, 6.07) is 15.7. The van der Waals surface area contributed by atoms with Crippen molar-refractivity contribution in [3.8, 4) is 0 Å². The van der Waals surface area contributed by atoms with E-state index in [4.69, 9.17) is 0 Å². The van der Waals surface area contributed by atoms with Gasteiger partial charge in [-0.1, -0.05) is 12.1 Å². The highest BCUT2D eigenvalue weighted by atomic mass is 16.2. The summed E-state index contributed by atoms with van der Waals surface area (Å²) in [5.41, 5.74) is 3.56. The van der Waals surface area contributed by atoms with Gasteiger partial charge in [0.05, 0.1) is 6.04 Å². The zero-order valence-electron chi connectivity index (χ0n) is 17.7. The van der Waals surface area contributed by atoms with Gasteiger partial charge in [0.2, 0.25) is 5.91 Å². The van der Waals surface area contributed by atoms with E-state index in [0.29, 0.717) is 11.6 Å². The number of anilines is 2. The van der Waals surface area contributed by atoms with Crippen molar-refractivity contribution in [2.45, 2.75) is 52.6 Å². The molecule has 1 atom stereocenters. The lowest BCUT2D eigenvalue weighted by molar-refractivity contribution is -0.117. The van der Waals surface area contributed by atoms with Crippen LogP contribution in [0.2, 0.25) is 0 Å². The van der Waals surface area contributed by atoms with Crippen LogP contribution in [0, 0.1) is 5.92 Å². The van der Waals surface area contributed by atoms with Crippen molar-refractivity contribution in [3.05, 3.63) is 59.7 Å². The van der Waals surface area contributed by atoms with Gasteiger partial charge in [0, 0.05) is 35.4 Å². The van der Waals surface area contributed by atoms with Crippen molar-refractivity contribution in [1.82, 2.24) is 5.32 Å². The van der Waals surface area contributed by atoms with E-state index >= 15 is 0 Å². The average molecular weight is 394 g/mol. The molecule has 0 spiro atoms. The summed E-state index contributed by atoms with van der Waals surface area (Å²) in [5.74, 6) is 0.189. The molecule has 1 aliphatic carbocycles. The van der Waals surface area contributed by atoms with Gasteiger partial charge in [0.1, 0.15) is 0 Å². The molecule has 0 heterocycles. The van der Waals surface area contributed by atoms with Crippen molar-refractivity contribution in [3.63, 3.8) is 0 Å². The fraction of sp³-hybridized carbons (Fsp3) is 0.417. The van der Waals surface area contributed by atoms with Crippen LogP contribution in [0.5, 0.6) is 0 Å². The molecule has 1 aliphatic rings. The molecule has 0 aliphatic heterocycles. The maximum Gasteiger partial charge on any atom is 0.251 e. The third-order valence-electron chi connectivity index (χ3n) is 5.40. The Labute approximate surface area is 173 Å². The van der Waals surface area contributed by atoms with E-state index < -0.39 is 0 Å². The van der Waals surface area contributed by atoms with E-state index in [0.717, 1.165) is 36.3 Å². The maximum atomic E-state index is 12.6. The van der Waals surface area contributed by atoms with Gasteiger partial charge in [-0.15, -0.1) is 0 Å². The van der Waals surface area contributed by atoms with Gasteiger partial charge in [-0.05, 0) is 82.5 Å². The summed E-state index contributed by atoms with van der Waals surface area (Å²) in [6.45, 7) is 9.34. The smallest absolute Gasteiger partial charge is 0.251 e. The molecular formula is C24H31N3O2. The van der Waals surface area contributed by atoms with Crippen LogP contribution >= 0.6 is 0 Å². The lowest BCUT2D eigenvalue weighted by Gasteiger charge is -2.27. The zero-order valence-corrected chi connectivity index (χ0v) is 17.7. The van der Waals surface area contributed by atoms with Crippen LogP contribution in [-0.2, 0) is 4.79 Å². The lowest BCUT2D eigenvalue weighted by atomic mass is 10.1. The molecular weight excluding hydrogens is 362 g/mol. The van der Waals surface area contributed by atoms with Crippen molar-refractivity contribution in [2.75, 3.05) is 16.8 Å². The molecule has 1 fully saturated rings. The summed E-state index contributed by atoms with van der Waals surface area (Å²) in [7, 11) is 0. The van der Waals surface area contributed by atoms with Gasteiger partial charge in [0.15, 0.2) is 0 Å². The molecule has 2 N–H and O–H groups in total. The number of carbonyl (C=O) groups excluding carboxylic acids is 2. The first-order valence-electron chi connectivity index (χ1n) is 10.5. The first kappa shape index (κ1) is 20.9. The lowest BCUT2D eigenvalue weighted by Crippen LogP contribution is -2.30. The number of nitrogens with one attached hydrogen (secondary N) is 2. The normalized spacial score (nSPS) is 14.4. The summed E-state index contributed by atoms with van der Waals surface area (Å²) in [6.07, 6.45) is 1.98. The average Bonchev–Trinajstić information content (AvgIpc) is 3.54. The molecule has 2 aromatic rings. The molecule has 0 radical (unpaired) electrons. The van der Waals surface area contributed by atoms with Gasteiger partial charge in [0.25, 0.3) is 5.91 Å². The molecule has 5 heteroatoms. The number of amides is 2. The quantitative estimate of drug-likeness (QED) is 0.680. The molecule has 0 aromatic heterocycles. The van der Waals surface area contributed by atoms with Gasteiger partial charge in [-0.3, -0.25) is 9.59 Å². The van der Waals surface area contributed by atoms with Crippen LogP contribution in [0.1, 0.15) is 62.5 Å². The summed E-state index contributed by atoms with van der Waals surface area (Å²) in [4.78, 5) is 26.8. The van der Waals surface area contributed by atoms with Crippen LogP contribution in [0.15, 0.2) is 48.5 Å². The van der Waals surface area contributed by atoms with Crippen molar-refractivity contribution in [2.24, 2.45) is 5.92 Å². The Morgan fingerprint density at radius 1 is 1.00 bits per heavy atom. The minimum absolute atomic E-state index is 0.0947. The van der Waals surface area contributed by atoms with E-state index in [2.05, 4.69) is 36.3 Å². The Hall–Kier alpha value is -2.82. The van der Waals surface area contributed by atoms with Crippen LogP contribution in [-0.4, -0.2) is 24.4 Å². The third-order valence-corrected chi connectivity index (χ3v) is 5.40. The summed E-state index contributed by atoms with van der Waals surface area (Å²) in [5, 5.41) is 5.98. The van der Waals surface area contributed by atoms with Gasteiger partial charge >= 0.3 is 0 Å². The van der Waals surface area contributed by atoms with Crippen molar-refractivity contribution >= 4 is 23.2 Å². The van der Waals surface area contributed by atoms with E-state index in [9.17, 15) is 9.59 Å². The van der Waals surface area contributed by atoms with Crippen LogP contribution in [0.4, 0.5) is 11.4 Å². The van der Waals surface area contributed by atoms with E-state index in [1.165, 1.54) is 0 Å². The monoisotopic (exact) mass is 393 g/mol. The van der Waals surface area contributed by atoms with Gasteiger partial charge in [-0.25, -0.2) is 0 Å². The van der Waals surface area contributed by atoms with Gasteiger partial charge < -0.3 is 15.5 Å². The fourth-order valence-electron chi connectivity index (χ4n) is 3.46. The Morgan fingerprint density at radius 2 is 1.62 bits per heavy atom. The van der Waals surface area contributed by atoms with E-state index in [1.807, 2.05) is 55.5 Å². The zero-order chi connectivity index (χ0) is 21.0. The molecule has 3 rings (SSSR count). The van der Waals surface area contributed by atoms with Crippen LogP contribution < -0.4 is 15.5 Å². The second-order valence-electron chi connectivity index (χ2n) is 8.01. The Bertz CT molecular complexity index is 839. The minimum atomic E-state index is -0.127. The number of rotatable bonds is 8. The number of benzene rings is 2. The predicted molar refractivity (Wildman–Crippen MR) is 118 cm³/mol. The number of hydrogen-bond donors (Lipinski definition) is 2. The standard InChI is InChI=1S/C24H31N3O2/c1-5-27(16(2)3)22-14-10-20(11-15-22)23(28)25-17(4)18-8-12-21(13-9-18)26-24(29)19-6-7-19/h8-17,19H,5-7H2,1-4H3,(H,25,28)(H,26,29). The maximum absolute atomic E-state index is 12.6. The molecule has 2 amide bonds. The van der Waals surface area contributed by atoms with E-state index in [-0.39, 0.29) is 23.8 Å². The number of hydrogen-bond acceptors (Lipinski definition) is 3. The second-order valence-corrected chi connectivity index (χ2v) is 8.01. The highest BCUT2D eigenvalue weighted by Crippen LogP contribution is 2.30. The predicted octanol–water partition coefficient (Wildman–Crippen LogP) is 4.76. The Balaban J connectivity index is 1.58.